The van der Waals surface area contributed by atoms with Crippen LogP contribution in [0.2, 0.25) is 0 Å². The molecule has 0 bridgehead atoms. The van der Waals surface area contributed by atoms with E-state index in [-0.39, 0.29) is 0 Å². The number of benzene rings is 1. The zero-order valence-corrected chi connectivity index (χ0v) is 14.8. The van der Waals surface area contributed by atoms with E-state index in [0.717, 1.165) is 23.1 Å². The number of alkyl halides is 1. The standard InChI is InChI=1S/C16H24ClNO2S/c1-11-5-6-18(10-14(11)4)21(19,20)16-8-15(9-17)12(2)7-13(16)3/h7-8,11,14H,5-6,9-10H2,1-4H3. The van der Waals surface area contributed by atoms with E-state index in [0.29, 0.717) is 35.7 Å². The summed E-state index contributed by atoms with van der Waals surface area (Å²) >= 11 is 5.93. The van der Waals surface area contributed by atoms with Gasteiger partial charge in [-0.25, -0.2) is 8.42 Å². The van der Waals surface area contributed by atoms with Crippen LogP contribution in [0.25, 0.3) is 0 Å². The summed E-state index contributed by atoms with van der Waals surface area (Å²) in [6, 6.07) is 3.66. The highest BCUT2D eigenvalue weighted by molar-refractivity contribution is 7.89. The van der Waals surface area contributed by atoms with Gasteiger partial charge in [0.25, 0.3) is 0 Å². The molecular formula is C16H24ClNO2S. The Balaban J connectivity index is 2.40. The molecule has 1 aromatic carbocycles. The maximum Gasteiger partial charge on any atom is 0.243 e. The molecule has 3 nitrogen and oxygen atoms in total. The molecule has 2 rings (SSSR count). The number of hydrogen-bond acceptors (Lipinski definition) is 2. The van der Waals surface area contributed by atoms with E-state index in [2.05, 4.69) is 13.8 Å². The Morgan fingerprint density at radius 1 is 1.19 bits per heavy atom. The minimum Gasteiger partial charge on any atom is -0.207 e. The molecule has 21 heavy (non-hydrogen) atoms. The highest BCUT2D eigenvalue weighted by Crippen LogP contribution is 2.30. The third kappa shape index (κ3) is 3.27. The molecule has 0 amide bonds. The van der Waals surface area contributed by atoms with Gasteiger partial charge in [0.2, 0.25) is 10.0 Å². The Morgan fingerprint density at radius 2 is 1.86 bits per heavy atom. The Kier molecular flexibility index (Phi) is 5.01. The van der Waals surface area contributed by atoms with Crippen LogP contribution in [-0.2, 0) is 15.9 Å². The fraction of sp³-hybridized carbons (Fsp3) is 0.625. The molecule has 0 spiro atoms. The molecule has 1 aliphatic rings. The largest absolute Gasteiger partial charge is 0.243 e. The van der Waals surface area contributed by atoms with Gasteiger partial charge in [-0.2, -0.15) is 4.31 Å². The van der Waals surface area contributed by atoms with Crippen molar-refractivity contribution in [1.82, 2.24) is 4.31 Å². The summed E-state index contributed by atoms with van der Waals surface area (Å²) in [7, 11) is -3.42. The molecule has 1 aliphatic heterocycles. The van der Waals surface area contributed by atoms with E-state index in [4.69, 9.17) is 11.6 Å². The van der Waals surface area contributed by atoms with Crippen LogP contribution in [0.3, 0.4) is 0 Å². The predicted octanol–water partition coefficient (Wildman–Crippen LogP) is 3.71. The molecule has 0 radical (unpaired) electrons. The highest BCUT2D eigenvalue weighted by Gasteiger charge is 2.32. The van der Waals surface area contributed by atoms with Crippen molar-refractivity contribution in [3.8, 4) is 0 Å². The monoisotopic (exact) mass is 329 g/mol. The van der Waals surface area contributed by atoms with Gasteiger partial charge in [-0.05, 0) is 54.9 Å². The minimum absolute atomic E-state index is 0.335. The van der Waals surface area contributed by atoms with Gasteiger partial charge in [0.05, 0.1) is 4.90 Å². The van der Waals surface area contributed by atoms with Gasteiger partial charge in [-0.15, -0.1) is 11.6 Å². The normalized spacial score (nSPS) is 24.2. The molecule has 2 atom stereocenters. The Hall–Kier alpha value is -0.580. The van der Waals surface area contributed by atoms with Crippen LogP contribution in [0, 0.1) is 25.7 Å². The van der Waals surface area contributed by atoms with E-state index in [1.807, 2.05) is 19.9 Å². The molecule has 0 aromatic heterocycles. The number of piperidine rings is 1. The highest BCUT2D eigenvalue weighted by atomic mass is 35.5. The first-order chi connectivity index (χ1) is 9.77. The molecule has 1 fully saturated rings. The van der Waals surface area contributed by atoms with E-state index < -0.39 is 10.0 Å². The smallest absolute Gasteiger partial charge is 0.207 e. The zero-order valence-electron chi connectivity index (χ0n) is 13.2. The second-order valence-electron chi connectivity index (χ2n) is 6.28. The predicted molar refractivity (Wildman–Crippen MR) is 87.2 cm³/mol. The fourth-order valence-corrected chi connectivity index (χ4v) is 4.98. The Morgan fingerprint density at radius 3 is 2.43 bits per heavy atom. The number of aryl methyl sites for hydroxylation is 2. The molecule has 1 heterocycles. The fourth-order valence-electron chi connectivity index (χ4n) is 2.88. The number of nitrogens with zero attached hydrogens (tertiary/aromatic N) is 1. The SMILES string of the molecule is Cc1cc(C)c(S(=O)(=O)N2CCC(C)C(C)C2)cc1CCl. The number of rotatable bonds is 3. The van der Waals surface area contributed by atoms with Crippen molar-refractivity contribution in [2.45, 2.75) is 44.9 Å². The lowest BCUT2D eigenvalue weighted by atomic mass is 9.90. The van der Waals surface area contributed by atoms with Gasteiger partial charge in [0, 0.05) is 19.0 Å². The summed E-state index contributed by atoms with van der Waals surface area (Å²) in [6.45, 7) is 9.35. The lowest BCUT2D eigenvalue weighted by Gasteiger charge is -2.34. The maximum atomic E-state index is 12.9. The summed E-state index contributed by atoms with van der Waals surface area (Å²) in [6.07, 6.45) is 0.924. The molecule has 2 unspecified atom stereocenters. The second kappa shape index (κ2) is 6.27. The van der Waals surface area contributed by atoms with Crippen LogP contribution in [0.4, 0.5) is 0 Å². The van der Waals surface area contributed by atoms with E-state index in [1.165, 1.54) is 0 Å². The van der Waals surface area contributed by atoms with Crippen LogP contribution < -0.4 is 0 Å². The van der Waals surface area contributed by atoms with Crippen molar-refractivity contribution >= 4 is 21.6 Å². The summed E-state index contributed by atoms with van der Waals surface area (Å²) in [5.41, 5.74) is 2.73. The van der Waals surface area contributed by atoms with Crippen molar-refractivity contribution in [2.75, 3.05) is 13.1 Å². The van der Waals surface area contributed by atoms with Gasteiger partial charge in [0.1, 0.15) is 0 Å². The van der Waals surface area contributed by atoms with Crippen LogP contribution in [0.1, 0.15) is 37.0 Å². The van der Waals surface area contributed by atoms with Crippen molar-refractivity contribution in [3.63, 3.8) is 0 Å². The topological polar surface area (TPSA) is 37.4 Å². The first-order valence-corrected chi connectivity index (χ1v) is 9.41. The average molecular weight is 330 g/mol. The molecule has 0 aliphatic carbocycles. The number of hydrogen-bond donors (Lipinski definition) is 0. The minimum atomic E-state index is -3.42. The first kappa shape index (κ1) is 16.8. The summed E-state index contributed by atoms with van der Waals surface area (Å²) in [5, 5.41) is 0. The van der Waals surface area contributed by atoms with Crippen LogP contribution >= 0.6 is 11.6 Å². The van der Waals surface area contributed by atoms with Crippen LogP contribution in [0.5, 0.6) is 0 Å². The van der Waals surface area contributed by atoms with E-state index in [9.17, 15) is 8.42 Å². The summed E-state index contributed by atoms with van der Waals surface area (Å²) in [5.74, 6) is 1.31. The third-order valence-electron chi connectivity index (χ3n) is 4.69. The summed E-state index contributed by atoms with van der Waals surface area (Å²) < 4.78 is 27.5. The molecule has 1 saturated heterocycles. The van der Waals surface area contributed by atoms with Gasteiger partial charge in [-0.1, -0.05) is 19.9 Å². The summed E-state index contributed by atoms with van der Waals surface area (Å²) in [4.78, 5) is 0.408. The average Bonchev–Trinajstić information content (AvgIpc) is 2.41. The van der Waals surface area contributed by atoms with E-state index in [1.54, 1.807) is 10.4 Å². The van der Waals surface area contributed by atoms with Crippen molar-refractivity contribution in [3.05, 3.63) is 28.8 Å². The quantitative estimate of drug-likeness (QED) is 0.793. The van der Waals surface area contributed by atoms with Gasteiger partial charge >= 0.3 is 0 Å². The molecule has 0 saturated carbocycles. The Labute approximate surface area is 133 Å². The molecule has 1 aromatic rings. The van der Waals surface area contributed by atoms with Crippen molar-refractivity contribution in [1.29, 1.82) is 0 Å². The molecule has 118 valence electrons. The van der Waals surface area contributed by atoms with Crippen LogP contribution in [-0.4, -0.2) is 25.8 Å². The van der Waals surface area contributed by atoms with Crippen molar-refractivity contribution in [2.24, 2.45) is 11.8 Å². The third-order valence-corrected chi connectivity index (χ3v) is 6.99. The van der Waals surface area contributed by atoms with Crippen molar-refractivity contribution < 1.29 is 8.42 Å². The van der Waals surface area contributed by atoms with E-state index >= 15 is 0 Å². The van der Waals surface area contributed by atoms with Gasteiger partial charge in [0.15, 0.2) is 0 Å². The van der Waals surface area contributed by atoms with Crippen LogP contribution in [0.15, 0.2) is 17.0 Å². The Bertz CT molecular complexity index is 627. The molecule has 0 N–H and O–H groups in total. The molecular weight excluding hydrogens is 306 g/mol. The number of sulfonamides is 1. The lowest BCUT2D eigenvalue weighted by molar-refractivity contribution is 0.212. The zero-order chi connectivity index (χ0) is 15.8. The second-order valence-corrected chi connectivity index (χ2v) is 8.46. The first-order valence-electron chi connectivity index (χ1n) is 7.43. The van der Waals surface area contributed by atoms with Gasteiger partial charge in [-0.3, -0.25) is 0 Å². The lowest BCUT2D eigenvalue weighted by Crippen LogP contribution is -2.42. The maximum absolute atomic E-state index is 12.9. The number of halogens is 1. The van der Waals surface area contributed by atoms with Gasteiger partial charge < -0.3 is 0 Å². The molecule has 5 heteroatoms.